The Morgan fingerprint density at radius 2 is 1.47 bits per heavy atom. The molecular weight excluding hydrogens is 378 g/mol. The average molecular weight is 408 g/mol. The molecule has 1 aromatic heterocycles. The Hall–Kier alpha value is -2.89. The van der Waals surface area contributed by atoms with Crippen LogP contribution in [0.25, 0.3) is 0 Å². The molecule has 6 nitrogen and oxygen atoms in total. The van der Waals surface area contributed by atoms with E-state index in [4.69, 9.17) is 4.74 Å². The van der Waals surface area contributed by atoms with Crippen molar-refractivity contribution in [2.24, 2.45) is 5.92 Å². The first kappa shape index (κ1) is 20.4. The molecular formula is C24H29N3O3. The first-order valence-corrected chi connectivity index (χ1v) is 10.9. The average Bonchev–Trinajstić information content (AvgIpc) is 2.83. The van der Waals surface area contributed by atoms with Crippen molar-refractivity contribution >= 4 is 11.8 Å². The van der Waals surface area contributed by atoms with Gasteiger partial charge in [0.25, 0.3) is 11.8 Å². The van der Waals surface area contributed by atoms with Gasteiger partial charge < -0.3 is 14.5 Å². The van der Waals surface area contributed by atoms with E-state index in [1.165, 1.54) is 6.42 Å². The van der Waals surface area contributed by atoms with Gasteiger partial charge in [-0.1, -0.05) is 0 Å². The summed E-state index contributed by atoms with van der Waals surface area (Å²) in [7, 11) is 0. The normalized spacial score (nSPS) is 19.4. The lowest BCUT2D eigenvalue weighted by atomic mass is 9.98. The van der Waals surface area contributed by atoms with E-state index in [9.17, 15) is 9.59 Å². The van der Waals surface area contributed by atoms with Crippen molar-refractivity contribution in [3.63, 3.8) is 0 Å². The summed E-state index contributed by atoms with van der Waals surface area (Å²) in [5, 5.41) is 0. The molecule has 0 radical (unpaired) electrons. The molecule has 0 bridgehead atoms. The summed E-state index contributed by atoms with van der Waals surface area (Å²) in [4.78, 5) is 33.1. The number of amides is 2. The highest BCUT2D eigenvalue weighted by atomic mass is 16.5. The largest absolute Gasteiger partial charge is 0.493 e. The fourth-order valence-corrected chi connectivity index (χ4v) is 4.25. The van der Waals surface area contributed by atoms with Crippen LogP contribution in [-0.4, -0.2) is 59.4 Å². The molecule has 30 heavy (non-hydrogen) atoms. The third kappa shape index (κ3) is 4.99. The third-order valence-electron chi connectivity index (χ3n) is 5.96. The number of benzene rings is 1. The first-order valence-electron chi connectivity index (χ1n) is 10.9. The van der Waals surface area contributed by atoms with Crippen LogP contribution in [0, 0.1) is 5.92 Å². The lowest BCUT2D eigenvalue weighted by Gasteiger charge is -2.32. The maximum Gasteiger partial charge on any atom is 0.253 e. The van der Waals surface area contributed by atoms with E-state index in [1.54, 1.807) is 24.5 Å². The minimum absolute atomic E-state index is 0.0580. The number of carbonyl (C=O) groups excluding carboxylic acids is 2. The van der Waals surface area contributed by atoms with Gasteiger partial charge in [-0.3, -0.25) is 14.6 Å². The maximum absolute atomic E-state index is 12.7. The van der Waals surface area contributed by atoms with Gasteiger partial charge in [0, 0.05) is 55.6 Å². The van der Waals surface area contributed by atoms with Crippen molar-refractivity contribution < 1.29 is 14.3 Å². The second-order valence-electron chi connectivity index (χ2n) is 8.18. The van der Waals surface area contributed by atoms with E-state index in [1.807, 2.05) is 34.1 Å². The van der Waals surface area contributed by atoms with E-state index < -0.39 is 0 Å². The highest BCUT2D eigenvalue weighted by Crippen LogP contribution is 2.21. The van der Waals surface area contributed by atoms with Crippen molar-refractivity contribution in [3.8, 4) is 5.75 Å². The number of aromatic nitrogens is 1. The minimum Gasteiger partial charge on any atom is -0.493 e. The van der Waals surface area contributed by atoms with Crippen molar-refractivity contribution in [1.29, 1.82) is 0 Å². The topological polar surface area (TPSA) is 62.7 Å². The number of rotatable bonds is 5. The van der Waals surface area contributed by atoms with Crippen LogP contribution >= 0.6 is 0 Å². The second-order valence-corrected chi connectivity index (χ2v) is 8.18. The van der Waals surface area contributed by atoms with Crippen LogP contribution in [0.1, 0.15) is 52.8 Å². The van der Waals surface area contributed by atoms with E-state index in [0.717, 1.165) is 56.6 Å². The van der Waals surface area contributed by atoms with Crippen LogP contribution in [0.15, 0.2) is 48.8 Å². The minimum atomic E-state index is 0.0580. The zero-order valence-electron chi connectivity index (χ0n) is 17.3. The van der Waals surface area contributed by atoms with Gasteiger partial charge in [-0.25, -0.2) is 0 Å². The molecule has 2 fully saturated rings. The Morgan fingerprint density at radius 3 is 2.20 bits per heavy atom. The van der Waals surface area contributed by atoms with Gasteiger partial charge in [0.1, 0.15) is 5.75 Å². The summed E-state index contributed by atoms with van der Waals surface area (Å²) in [6.07, 6.45) is 8.72. The molecule has 2 amide bonds. The molecule has 2 aromatic rings. The van der Waals surface area contributed by atoms with Gasteiger partial charge in [-0.2, -0.15) is 0 Å². The lowest BCUT2D eigenvalue weighted by Crippen LogP contribution is -2.41. The zero-order chi connectivity index (χ0) is 20.8. The zero-order valence-corrected chi connectivity index (χ0v) is 17.3. The summed E-state index contributed by atoms with van der Waals surface area (Å²) in [5.41, 5.74) is 1.40. The van der Waals surface area contributed by atoms with Crippen LogP contribution < -0.4 is 4.74 Å². The number of ether oxygens (including phenoxy) is 1. The summed E-state index contributed by atoms with van der Waals surface area (Å²) in [6.45, 7) is 3.76. The number of hydrogen-bond donors (Lipinski definition) is 0. The molecule has 2 aliphatic rings. The fraction of sp³-hybridized carbons (Fsp3) is 0.458. The van der Waals surface area contributed by atoms with Gasteiger partial charge in [-0.05, 0) is 68.5 Å². The quantitative estimate of drug-likeness (QED) is 0.759. The molecule has 0 spiro atoms. The Kier molecular flexibility index (Phi) is 6.62. The predicted octanol–water partition coefficient (Wildman–Crippen LogP) is 3.64. The Morgan fingerprint density at radius 1 is 0.833 bits per heavy atom. The molecule has 2 aliphatic heterocycles. The smallest absolute Gasteiger partial charge is 0.253 e. The number of hydrogen-bond acceptors (Lipinski definition) is 4. The second kappa shape index (κ2) is 9.74. The summed E-state index contributed by atoms with van der Waals surface area (Å²) in [5.74, 6) is 1.24. The van der Waals surface area contributed by atoms with Crippen LogP contribution in [0.2, 0.25) is 0 Å². The number of piperidine rings is 2. The summed E-state index contributed by atoms with van der Waals surface area (Å²) >= 11 is 0. The van der Waals surface area contributed by atoms with Crippen molar-refractivity contribution in [2.45, 2.75) is 32.1 Å². The van der Waals surface area contributed by atoms with Crippen LogP contribution in [0.5, 0.6) is 5.75 Å². The molecule has 1 atom stereocenters. The van der Waals surface area contributed by atoms with Crippen molar-refractivity contribution in [1.82, 2.24) is 14.8 Å². The number of likely N-dealkylation sites (tertiary alicyclic amines) is 2. The Bertz CT molecular complexity index is 848. The first-order chi connectivity index (χ1) is 14.7. The van der Waals surface area contributed by atoms with Gasteiger partial charge in [-0.15, -0.1) is 0 Å². The standard InChI is InChI=1S/C24H29N3O3/c28-23(26-14-2-1-3-15-26)20-6-8-22(9-7-20)30-18-19-5-4-16-27(17-19)24(29)21-10-12-25-13-11-21/h6-13,19H,1-5,14-18H2. The fourth-order valence-electron chi connectivity index (χ4n) is 4.25. The Labute approximate surface area is 177 Å². The molecule has 0 saturated carbocycles. The van der Waals surface area contributed by atoms with Crippen LogP contribution in [-0.2, 0) is 0 Å². The van der Waals surface area contributed by atoms with E-state index in [-0.39, 0.29) is 11.8 Å². The SMILES string of the molecule is O=C(c1ccc(OCC2CCCN(C(=O)c3ccncc3)C2)cc1)N1CCCCC1. The lowest BCUT2D eigenvalue weighted by molar-refractivity contribution is 0.0633. The monoisotopic (exact) mass is 407 g/mol. The van der Waals surface area contributed by atoms with E-state index in [0.29, 0.717) is 24.6 Å². The molecule has 1 unspecified atom stereocenters. The molecule has 3 heterocycles. The molecule has 1 aromatic carbocycles. The Balaban J connectivity index is 1.29. The molecule has 2 saturated heterocycles. The molecule has 0 N–H and O–H groups in total. The van der Waals surface area contributed by atoms with Crippen LogP contribution in [0.4, 0.5) is 0 Å². The van der Waals surface area contributed by atoms with Gasteiger partial charge >= 0.3 is 0 Å². The maximum atomic E-state index is 12.7. The third-order valence-corrected chi connectivity index (χ3v) is 5.96. The van der Waals surface area contributed by atoms with Gasteiger partial charge in [0.15, 0.2) is 0 Å². The van der Waals surface area contributed by atoms with E-state index in [2.05, 4.69) is 4.98 Å². The van der Waals surface area contributed by atoms with Crippen LogP contribution in [0.3, 0.4) is 0 Å². The van der Waals surface area contributed by atoms with Gasteiger partial charge in [0.05, 0.1) is 6.61 Å². The number of pyridine rings is 1. The highest BCUT2D eigenvalue weighted by Gasteiger charge is 2.25. The summed E-state index contributed by atoms with van der Waals surface area (Å²) < 4.78 is 5.99. The van der Waals surface area contributed by atoms with Gasteiger partial charge in [0.2, 0.25) is 0 Å². The number of carbonyl (C=O) groups is 2. The van der Waals surface area contributed by atoms with Crippen molar-refractivity contribution in [3.05, 3.63) is 59.9 Å². The molecule has 158 valence electrons. The number of nitrogens with zero attached hydrogens (tertiary/aromatic N) is 3. The highest BCUT2D eigenvalue weighted by molar-refractivity contribution is 5.94. The molecule has 0 aliphatic carbocycles. The van der Waals surface area contributed by atoms with Crippen molar-refractivity contribution in [2.75, 3.05) is 32.8 Å². The molecule has 6 heteroatoms. The predicted molar refractivity (Wildman–Crippen MR) is 115 cm³/mol. The summed E-state index contributed by atoms with van der Waals surface area (Å²) in [6, 6.07) is 11.0. The molecule has 4 rings (SSSR count). The van der Waals surface area contributed by atoms with E-state index >= 15 is 0 Å².